The molecule has 1 rings (SSSR count). The van der Waals surface area contributed by atoms with E-state index in [1.165, 1.54) is 12.1 Å². The maximum absolute atomic E-state index is 12.9. The summed E-state index contributed by atoms with van der Waals surface area (Å²) < 4.78 is 13.7. The molecule has 0 saturated heterocycles. The van der Waals surface area contributed by atoms with Crippen molar-refractivity contribution in [2.45, 2.75) is 19.9 Å². The maximum atomic E-state index is 12.9. The van der Waals surface area contributed by atoms with Crippen molar-refractivity contribution in [3.8, 4) is 0 Å². The van der Waals surface area contributed by atoms with Gasteiger partial charge in [-0.1, -0.05) is 0 Å². The maximum Gasteiger partial charge on any atom is 0.251 e. The number of hydrogen-bond acceptors (Lipinski definition) is 1. The number of amides is 1. The zero-order valence-electron chi connectivity index (χ0n) is 7.97. The SMILES string of the molecule is CC(C)NC(=O)c1cc(F)cc(I)c1. The number of nitrogens with one attached hydrogen (secondary N) is 1. The predicted octanol–water partition coefficient (Wildman–Crippen LogP) is 2.57. The molecule has 0 saturated carbocycles. The van der Waals surface area contributed by atoms with E-state index in [1.807, 2.05) is 36.4 Å². The van der Waals surface area contributed by atoms with Gasteiger partial charge in [-0.05, 0) is 54.6 Å². The number of carbonyl (C=O) groups is 1. The van der Waals surface area contributed by atoms with Crippen LogP contribution in [0.5, 0.6) is 0 Å². The van der Waals surface area contributed by atoms with Crippen LogP contribution in [-0.2, 0) is 0 Å². The normalized spacial score (nSPS) is 10.4. The Morgan fingerprint density at radius 2 is 2.07 bits per heavy atom. The Balaban J connectivity index is 2.90. The minimum Gasteiger partial charge on any atom is -0.350 e. The molecule has 1 aromatic rings. The highest BCUT2D eigenvalue weighted by atomic mass is 127. The van der Waals surface area contributed by atoms with Crippen molar-refractivity contribution >= 4 is 28.5 Å². The van der Waals surface area contributed by atoms with Gasteiger partial charge in [0, 0.05) is 15.2 Å². The summed E-state index contributed by atoms with van der Waals surface area (Å²) in [5.74, 6) is -0.622. The van der Waals surface area contributed by atoms with E-state index >= 15 is 0 Å². The van der Waals surface area contributed by atoms with Crippen LogP contribution in [0.2, 0.25) is 0 Å². The van der Waals surface area contributed by atoms with Crippen LogP contribution in [0, 0.1) is 9.39 Å². The molecule has 1 amide bonds. The van der Waals surface area contributed by atoms with E-state index in [-0.39, 0.29) is 17.8 Å². The molecule has 0 heterocycles. The summed E-state index contributed by atoms with van der Waals surface area (Å²) in [5, 5.41) is 2.70. The van der Waals surface area contributed by atoms with Gasteiger partial charge in [0.1, 0.15) is 5.82 Å². The number of halogens is 2. The minimum atomic E-state index is -0.384. The Hall–Kier alpha value is -0.650. The summed E-state index contributed by atoms with van der Waals surface area (Å²) in [6.07, 6.45) is 0. The highest BCUT2D eigenvalue weighted by Crippen LogP contribution is 2.11. The molecule has 2 nitrogen and oxygen atoms in total. The summed E-state index contributed by atoms with van der Waals surface area (Å²) in [4.78, 5) is 11.5. The fourth-order valence-corrected chi connectivity index (χ4v) is 1.66. The lowest BCUT2D eigenvalue weighted by molar-refractivity contribution is 0.0942. The lowest BCUT2D eigenvalue weighted by Crippen LogP contribution is -2.30. The van der Waals surface area contributed by atoms with Gasteiger partial charge in [0.05, 0.1) is 0 Å². The lowest BCUT2D eigenvalue weighted by atomic mass is 10.2. The molecule has 0 spiro atoms. The van der Waals surface area contributed by atoms with E-state index in [9.17, 15) is 9.18 Å². The molecular formula is C10H11FINO. The number of rotatable bonds is 2. The minimum absolute atomic E-state index is 0.0587. The van der Waals surface area contributed by atoms with Crippen molar-refractivity contribution in [3.63, 3.8) is 0 Å². The standard InChI is InChI=1S/C10H11FINO/c1-6(2)13-10(14)7-3-8(11)5-9(12)4-7/h3-6H,1-2H3,(H,13,14). The third kappa shape index (κ3) is 3.25. The number of hydrogen-bond donors (Lipinski definition) is 1. The average Bonchev–Trinajstić information content (AvgIpc) is 2.00. The van der Waals surface area contributed by atoms with Crippen LogP contribution in [0.4, 0.5) is 4.39 Å². The van der Waals surface area contributed by atoms with Crippen molar-refractivity contribution in [1.82, 2.24) is 5.32 Å². The van der Waals surface area contributed by atoms with Crippen LogP contribution in [0.15, 0.2) is 18.2 Å². The molecule has 0 unspecified atom stereocenters. The van der Waals surface area contributed by atoms with Gasteiger partial charge < -0.3 is 5.32 Å². The summed E-state index contributed by atoms with van der Waals surface area (Å²) in [6, 6.07) is 4.33. The third-order valence-electron chi connectivity index (χ3n) is 1.54. The quantitative estimate of drug-likeness (QED) is 0.836. The first kappa shape index (κ1) is 11.4. The third-order valence-corrected chi connectivity index (χ3v) is 2.17. The Kier molecular flexibility index (Phi) is 3.86. The molecule has 14 heavy (non-hydrogen) atoms. The fraction of sp³-hybridized carbons (Fsp3) is 0.300. The largest absolute Gasteiger partial charge is 0.350 e. The van der Waals surface area contributed by atoms with E-state index in [0.717, 1.165) is 3.57 Å². The molecule has 1 aromatic carbocycles. The molecule has 1 N–H and O–H groups in total. The Morgan fingerprint density at radius 1 is 1.43 bits per heavy atom. The van der Waals surface area contributed by atoms with Crippen LogP contribution in [0.25, 0.3) is 0 Å². The van der Waals surface area contributed by atoms with Crippen molar-refractivity contribution in [2.24, 2.45) is 0 Å². The fourth-order valence-electron chi connectivity index (χ4n) is 1.03. The van der Waals surface area contributed by atoms with Crippen molar-refractivity contribution in [2.75, 3.05) is 0 Å². The van der Waals surface area contributed by atoms with Gasteiger partial charge in [0.25, 0.3) is 5.91 Å². The summed E-state index contributed by atoms with van der Waals surface area (Å²) in [5.41, 5.74) is 0.364. The van der Waals surface area contributed by atoms with Gasteiger partial charge in [-0.3, -0.25) is 4.79 Å². The van der Waals surface area contributed by atoms with Crippen LogP contribution in [0.1, 0.15) is 24.2 Å². The molecular weight excluding hydrogens is 296 g/mol. The van der Waals surface area contributed by atoms with E-state index < -0.39 is 0 Å². The van der Waals surface area contributed by atoms with Crippen molar-refractivity contribution < 1.29 is 9.18 Å². The molecule has 0 atom stereocenters. The van der Waals surface area contributed by atoms with E-state index in [1.54, 1.807) is 6.07 Å². The average molecular weight is 307 g/mol. The zero-order chi connectivity index (χ0) is 10.7. The Morgan fingerprint density at radius 3 is 2.57 bits per heavy atom. The second kappa shape index (κ2) is 4.72. The van der Waals surface area contributed by atoms with Gasteiger partial charge in [-0.2, -0.15) is 0 Å². The molecule has 0 fully saturated rings. The van der Waals surface area contributed by atoms with Crippen molar-refractivity contribution in [1.29, 1.82) is 0 Å². The molecule has 0 aromatic heterocycles. The van der Waals surface area contributed by atoms with Gasteiger partial charge in [-0.15, -0.1) is 0 Å². The Labute approximate surface area is 96.0 Å². The molecule has 0 bridgehead atoms. The molecule has 76 valence electrons. The van der Waals surface area contributed by atoms with E-state index in [2.05, 4.69) is 5.32 Å². The summed E-state index contributed by atoms with van der Waals surface area (Å²) in [7, 11) is 0. The number of carbonyl (C=O) groups excluding carboxylic acids is 1. The first-order chi connectivity index (χ1) is 6.49. The van der Waals surface area contributed by atoms with E-state index in [4.69, 9.17) is 0 Å². The van der Waals surface area contributed by atoms with Crippen LogP contribution >= 0.6 is 22.6 Å². The smallest absolute Gasteiger partial charge is 0.251 e. The van der Waals surface area contributed by atoms with Gasteiger partial charge >= 0.3 is 0 Å². The second-order valence-electron chi connectivity index (χ2n) is 3.29. The van der Waals surface area contributed by atoms with E-state index in [0.29, 0.717) is 5.56 Å². The van der Waals surface area contributed by atoms with Gasteiger partial charge in [0.15, 0.2) is 0 Å². The molecule has 0 aliphatic carbocycles. The summed E-state index contributed by atoms with van der Waals surface area (Å²) >= 11 is 1.98. The van der Waals surface area contributed by atoms with Crippen molar-refractivity contribution in [3.05, 3.63) is 33.1 Å². The predicted molar refractivity (Wildman–Crippen MR) is 61.7 cm³/mol. The first-order valence-corrected chi connectivity index (χ1v) is 5.34. The highest BCUT2D eigenvalue weighted by Gasteiger charge is 2.08. The first-order valence-electron chi connectivity index (χ1n) is 4.26. The highest BCUT2D eigenvalue weighted by molar-refractivity contribution is 14.1. The Bertz CT molecular complexity index is 332. The molecule has 0 radical (unpaired) electrons. The van der Waals surface area contributed by atoms with Gasteiger partial charge in [-0.25, -0.2) is 4.39 Å². The summed E-state index contributed by atoms with van der Waals surface area (Å²) in [6.45, 7) is 3.73. The second-order valence-corrected chi connectivity index (χ2v) is 4.53. The topological polar surface area (TPSA) is 29.1 Å². The van der Waals surface area contributed by atoms with Crippen LogP contribution in [-0.4, -0.2) is 11.9 Å². The van der Waals surface area contributed by atoms with Crippen LogP contribution in [0.3, 0.4) is 0 Å². The van der Waals surface area contributed by atoms with Crippen LogP contribution < -0.4 is 5.32 Å². The number of benzene rings is 1. The molecule has 0 aliphatic heterocycles. The molecule has 0 aliphatic rings. The van der Waals surface area contributed by atoms with Gasteiger partial charge in [0.2, 0.25) is 0 Å². The molecule has 4 heteroatoms. The zero-order valence-corrected chi connectivity index (χ0v) is 10.1. The monoisotopic (exact) mass is 307 g/mol. The lowest BCUT2D eigenvalue weighted by Gasteiger charge is -2.08.